The first-order chi connectivity index (χ1) is 14.1. The van der Waals surface area contributed by atoms with Crippen molar-refractivity contribution < 1.29 is 31.1 Å². The number of rotatable bonds is 5. The number of amides is 1. The quantitative estimate of drug-likeness (QED) is 0.684. The van der Waals surface area contributed by atoms with Crippen LogP contribution in [0.1, 0.15) is 5.56 Å². The molecule has 0 unspecified atom stereocenters. The predicted molar refractivity (Wildman–Crippen MR) is 104 cm³/mol. The van der Waals surface area contributed by atoms with Gasteiger partial charge in [0.2, 0.25) is 10.0 Å². The van der Waals surface area contributed by atoms with Crippen molar-refractivity contribution in [3.63, 3.8) is 0 Å². The highest BCUT2D eigenvalue weighted by molar-refractivity contribution is 7.89. The molecule has 1 fully saturated rings. The maximum Gasteiger partial charge on any atom is 0.416 e. The molecule has 0 bridgehead atoms. The Kier molecular flexibility index (Phi) is 6.59. The van der Waals surface area contributed by atoms with Crippen LogP contribution < -0.4 is 4.74 Å². The fourth-order valence-corrected chi connectivity index (χ4v) is 4.48. The van der Waals surface area contributed by atoms with E-state index in [1.807, 2.05) is 0 Å². The number of sulfonamides is 1. The Balaban J connectivity index is 1.55. The molecular formula is C19H18ClF3N2O4S. The van der Waals surface area contributed by atoms with Gasteiger partial charge >= 0.3 is 6.18 Å². The van der Waals surface area contributed by atoms with Crippen molar-refractivity contribution in [3.05, 3.63) is 59.1 Å². The molecule has 0 radical (unpaired) electrons. The Hall–Kier alpha value is -2.30. The molecule has 1 aliphatic heterocycles. The van der Waals surface area contributed by atoms with E-state index in [1.54, 1.807) is 0 Å². The zero-order valence-electron chi connectivity index (χ0n) is 15.6. The SMILES string of the molecule is O=C(COc1cccc(C(F)(F)F)c1)N1CCN(S(=O)(=O)c2ccc(Cl)cc2)CC1. The molecule has 162 valence electrons. The van der Waals surface area contributed by atoms with Gasteiger partial charge in [-0.25, -0.2) is 8.42 Å². The average Bonchev–Trinajstić information content (AvgIpc) is 2.72. The average molecular weight is 463 g/mol. The van der Waals surface area contributed by atoms with Gasteiger partial charge in [-0.2, -0.15) is 17.5 Å². The van der Waals surface area contributed by atoms with Crippen LogP contribution in [0.25, 0.3) is 0 Å². The predicted octanol–water partition coefficient (Wildman–Crippen LogP) is 3.27. The molecule has 2 aromatic rings. The maximum absolute atomic E-state index is 12.7. The second-order valence-corrected chi connectivity index (χ2v) is 8.93. The summed E-state index contributed by atoms with van der Waals surface area (Å²) in [6.07, 6.45) is -4.50. The van der Waals surface area contributed by atoms with Gasteiger partial charge in [0.05, 0.1) is 10.5 Å². The summed E-state index contributed by atoms with van der Waals surface area (Å²) in [5.41, 5.74) is -0.867. The zero-order chi connectivity index (χ0) is 21.9. The van der Waals surface area contributed by atoms with Gasteiger partial charge < -0.3 is 9.64 Å². The number of carbonyl (C=O) groups is 1. The van der Waals surface area contributed by atoms with Crippen LogP contribution in [0.4, 0.5) is 13.2 Å². The lowest BCUT2D eigenvalue weighted by atomic mass is 10.2. The van der Waals surface area contributed by atoms with Crippen molar-refractivity contribution >= 4 is 27.5 Å². The van der Waals surface area contributed by atoms with Crippen molar-refractivity contribution in [3.8, 4) is 5.75 Å². The van der Waals surface area contributed by atoms with Gasteiger partial charge in [0.1, 0.15) is 5.75 Å². The number of alkyl halides is 3. The van der Waals surface area contributed by atoms with Crippen LogP contribution in [-0.2, 0) is 21.0 Å². The van der Waals surface area contributed by atoms with E-state index in [2.05, 4.69) is 0 Å². The first kappa shape index (κ1) is 22.4. The Morgan fingerprint density at radius 2 is 1.67 bits per heavy atom. The molecule has 11 heteroatoms. The van der Waals surface area contributed by atoms with Crippen LogP contribution >= 0.6 is 11.6 Å². The van der Waals surface area contributed by atoms with E-state index in [-0.39, 0.29) is 36.8 Å². The molecule has 0 N–H and O–H groups in total. The molecule has 1 amide bonds. The molecule has 3 rings (SSSR count). The molecule has 1 heterocycles. The normalized spacial score (nSPS) is 15.8. The van der Waals surface area contributed by atoms with E-state index in [9.17, 15) is 26.4 Å². The fourth-order valence-electron chi connectivity index (χ4n) is 2.93. The molecule has 30 heavy (non-hydrogen) atoms. The van der Waals surface area contributed by atoms with Crippen LogP contribution in [0.15, 0.2) is 53.4 Å². The molecule has 0 atom stereocenters. The lowest BCUT2D eigenvalue weighted by Gasteiger charge is -2.34. The molecule has 0 saturated carbocycles. The second-order valence-electron chi connectivity index (χ2n) is 6.55. The molecule has 2 aromatic carbocycles. The number of ether oxygens (including phenoxy) is 1. The van der Waals surface area contributed by atoms with Crippen molar-refractivity contribution in [2.24, 2.45) is 0 Å². The zero-order valence-corrected chi connectivity index (χ0v) is 17.2. The molecule has 6 nitrogen and oxygen atoms in total. The first-order valence-electron chi connectivity index (χ1n) is 8.91. The lowest BCUT2D eigenvalue weighted by molar-refractivity contribution is -0.137. The van der Waals surface area contributed by atoms with E-state index in [0.717, 1.165) is 12.1 Å². The van der Waals surface area contributed by atoms with Crippen molar-refractivity contribution in [2.75, 3.05) is 32.8 Å². The van der Waals surface area contributed by atoms with Gasteiger partial charge in [0, 0.05) is 31.2 Å². The third kappa shape index (κ3) is 5.24. The summed E-state index contributed by atoms with van der Waals surface area (Å²) in [5, 5.41) is 0.421. The van der Waals surface area contributed by atoms with Crippen LogP contribution in [-0.4, -0.2) is 56.3 Å². The number of piperazine rings is 1. The van der Waals surface area contributed by atoms with Gasteiger partial charge in [-0.05, 0) is 42.5 Å². The summed E-state index contributed by atoms with van der Waals surface area (Å²) in [6, 6.07) is 10.1. The van der Waals surface area contributed by atoms with E-state index in [1.165, 1.54) is 45.6 Å². The smallest absolute Gasteiger partial charge is 0.416 e. The molecule has 0 aromatic heterocycles. The summed E-state index contributed by atoms with van der Waals surface area (Å²) >= 11 is 5.79. The monoisotopic (exact) mass is 462 g/mol. The van der Waals surface area contributed by atoms with E-state index >= 15 is 0 Å². The first-order valence-corrected chi connectivity index (χ1v) is 10.7. The standard InChI is InChI=1S/C19H18ClF3N2O4S/c20-15-4-6-17(7-5-15)30(27,28)25-10-8-24(9-11-25)18(26)13-29-16-3-1-2-14(12-16)19(21,22)23/h1-7,12H,8-11,13H2. The Morgan fingerprint density at radius 3 is 2.27 bits per heavy atom. The second kappa shape index (κ2) is 8.83. The van der Waals surface area contributed by atoms with Crippen molar-refractivity contribution in [1.82, 2.24) is 9.21 Å². The van der Waals surface area contributed by atoms with E-state index in [4.69, 9.17) is 16.3 Å². The third-order valence-electron chi connectivity index (χ3n) is 4.57. The number of benzene rings is 2. The number of carbonyl (C=O) groups excluding carboxylic acids is 1. The van der Waals surface area contributed by atoms with Crippen molar-refractivity contribution in [1.29, 1.82) is 0 Å². The van der Waals surface area contributed by atoms with Crippen molar-refractivity contribution in [2.45, 2.75) is 11.1 Å². The van der Waals surface area contributed by atoms with Crippen LogP contribution in [0.3, 0.4) is 0 Å². The number of hydrogen-bond donors (Lipinski definition) is 0. The number of nitrogens with zero attached hydrogens (tertiary/aromatic N) is 2. The molecule has 1 aliphatic rings. The minimum absolute atomic E-state index is 0.0675. The number of hydrogen-bond acceptors (Lipinski definition) is 4. The van der Waals surface area contributed by atoms with Gasteiger partial charge in [0.15, 0.2) is 6.61 Å². The Labute approximate surface area is 176 Å². The number of halogens is 4. The maximum atomic E-state index is 12.7. The van der Waals surface area contributed by atoms with Gasteiger partial charge in [-0.3, -0.25) is 4.79 Å². The van der Waals surface area contributed by atoms with E-state index in [0.29, 0.717) is 5.02 Å². The van der Waals surface area contributed by atoms with Crippen LogP contribution in [0.2, 0.25) is 5.02 Å². The molecule has 0 aliphatic carbocycles. The molecule has 0 spiro atoms. The molecular weight excluding hydrogens is 445 g/mol. The summed E-state index contributed by atoms with van der Waals surface area (Å²) in [4.78, 5) is 13.8. The Bertz CT molecular complexity index is 1010. The highest BCUT2D eigenvalue weighted by atomic mass is 35.5. The fraction of sp³-hybridized carbons (Fsp3) is 0.316. The largest absolute Gasteiger partial charge is 0.484 e. The third-order valence-corrected chi connectivity index (χ3v) is 6.73. The van der Waals surface area contributed by atoms with Gasteiger partial charge in [-0.15, -0.1) is 0 Å². The summed E-state index contributed by atoms with van der Waals surface area (Å²) < 4.78 is 70.0. The summed E-state index contributed by atoms with van der Waals surface area (Å²) in [7, 11) is -3.70. The lowest BCUT2D eigenvalue weighted by Crippen LogP contribution is -2.51. The highest BCUT2D eigenvalue weighted by Gasteiger charge is 2.32. The van der Waals surface area contributed by atoms with Crippen LogP contribution in [0.5, 0.6) is 5.75 Å². The van der Waals surface area contributed by atoms with E-state index < -0.39 is 34.3 Å². The summed E-state index contributed by atoms with van der Waals surface area (Å²) in [5.74, 6) is -0.502. The highest BCUT2D eigenvalue weighted by Crippen LogP contribution is 2.31. The minimum Gasteiger partial charge on any atom is -0.484 e. The van der Waals surface area contributed by atoms with Gasteiger partial charge in [-0.1, -0.05) is 17.7 Å². The van der Waals surface area contributed by atoms with Gasteiger partial charge in [0.25, 0.3) is 5.91 Å². The minimum atomic E-state index is -4.50. The Morgan fingerprint density at radius 1 is 1.03 bits per heavy atom. The topological polar surface area (TPSA) is 66.9 Å². The molecule has 1 saturated heterocycles. The van der Waals surface area contributed by atoms with Crippen LogP contribution in [0, 0.1) is 0 Å². The summed E-state index contributed by atoms with van der Waals surface area (Å²) in [6.45, 7) is 0.0565.